The molecule has 3 unspecified atom stereocenters. The highest BCUT2D eigenvalue weighted by molar-refractivity contribution is 6.31. The summed E-state index contributed by atoms with van der Waals surface area (Å²) in [6, 6.07) is 7.20. The lowest BCUT2D eigenvalue weighted by Gasteiger charge is -2.37. The number of fused-ring (bicyclic) bond motifs is 2. The number of piperidine rings is 1. The third-order valence-corrected chi connectivity index (χ3v) is 6.36. The zero-order valence-electron chi connectivity index (χ0n) is 16.8. The van der Waals surface area contributed by atoms with Gasteiger partial charge in [-0.15, -0.1) is 0 Å². The van der Waals surface area contributed by atoms with Crippen molar-refractivity contribution >= 4 is 35.0 Å². The van der Waals surface area contributed by atoms with Crippen LogP contribution in [-0.4, -0.2) is 24.0 Å². The fraction of sp³-hybridized carbons (Fsp3) is 0.364. The van der Waals surface area contributed by atoms with Gasteiger partial charge in [-0.2, -0.15) is 13.2 Å². The average Bonchev–Trinajstić information content (AvgIpc) is 2.71. The number of carbonyl (C=O) groups excluding carboxylic acids is 2. The minimum Gasteiger partial charge on any atom is -0.456 e. The molecular formula is C22H19Cl2F3N2O3. The van der Waals surface area contributed by atoms with Crippen molar-refractivity contribution in [3.8, 4) is 11.5 Å². The number of hydrogen-bond donors (Lipinski definition) is 2. The number of halogens is 5. The monoisotopic (exact) mass is 486 g/mol. The lowest BCUT2D eigenvalue weighted by Crippen LogP contribution is -2.58. The van der Waals surface area contributed by atoms with Crippen LogP contribution in [0.5, 0.6) is 11.5 Å². The van der Waals surface area contributed by atoms with Crippen LogP contribution in [0.3, 0.4) is 0 Å². The number of ether oxygens (including phenoxy) is 1. The lowest BCUT2D eigenvalue weighted by molar-refractivity contribution is -0.176. The quantitative estimate of drug-likeness (QED) is 0.570. The third kappa shape index (κ3) is 4.26. The van der Waals surface area contributed by atoms with Crippen molar-refractivity contribution in [3.05, 3.63) is 57.6 Å². The molecule has 2 aromatic rings. The van der Waals surface area contributed by atoms with Crippen molar-refractivity contribution < 1.29 is 27.5 Å². The highest BCUT2D eigenvalue weighted by Crippen LogP contribution is 2.45. The summed E-state index contributed by atoms with van der Waals surface area (Å²) in [5.41, 5.74) is 1.21. The van der Waals surface area contributed by atoms with Crippen LogP contribution in [0.2, 0.25) is 10.0 Å². The van der Waals surface area contributed by atoms with Crippen LogP contribution in [0, 0.1) is 11.8 Å². The third-order valence-electron chi connectivity index (χ3n) is 5.89. The van der Waals surface area contributed by atoms with E-state index in [0.717, 1.165) is 0 Å². The first-order valence-corrected chi connectivity index (χ1v) is 10.8. The van der Waals surface area contributed by atoms with Crippen LogP contribution >= 0.6 is 23.2 Å². The molecule has 0 bridgehead atoms. The summed E-state index contributed by atoms with van der Waals surface area (Å²) in [7, 11) is 0. The molecule has 0 radical (unpaired) electrons. The van der Waals surface area contributed by atoms with Crippen molar-refractivity contribution in [2.75, 3.05) is 0 Å². The molecule has 10 heteroatoms. The van der Waals surface area contributed by atoms with E-state index in [1.54, 1.807) is 43.3 Å². The van der Waals surface area contributed by atoms with Crippen molar-refractivity contribution in [3.63, 3.8) is 0 Å². The number of nitrogens with one attached hydrogen (secondary N) is 2. The maximum atomic E-state index is 13.2. The Morgan fingerprint density at radius 2 is 1.69 bits per heavy atom. The molecule has 4 rings (SSSR count). The van der Waals surface area contributed by atoms with E-state index in [1.807, 2.05) is 5.32 Å². The number of alkyl halides is 3. The lowest BCUT2D eigenvalue weighted by atomic mass is 9.79. The van der Waals surface area contributed by atoms with E-state index >= 15 is 0 Å². The summed E-state index contributed by atoms with van der Waals surface area (Å²) in [4.78, 5) is 25.8. The second kappa shape index (κ2) is 8.48. The van der Waals surface area contributed by atoms with Gasteiger partial charge >= 0.3 is 6.18 Å². The molecule has 0 aliphatic carbocycles. The van der Waals surface area contributed by atoms with Crippen molar-refractivity contribution in [2.45, 2.75) is 38.0 Å². The van der Waals surface area contributed by atoms with Crippen LogP contribution < -0.4 is 15.4 Å². The Kier molecular flexibility index (Phi) is 6.02. The summed E-state index contributed by atoms with van der Waals surface area (Å²) < 4.78 is 45.4. The highest BCUT2D eigenvalue weighted by atomic mass is 35.5. The van der Waals surface area contributed by atoms with E-state index in [-0.39, 0.29) is 12.8 Å². The molecule has 170 valence electrons. The van der Waals surface area contributed by atoms with E-state index in [1.165, 1.54) is 0 Å². The summed E-state index contributed by atoms with van der Waals surface area (Å²) in [5.74, 6) is -2.74. The summed E-state index contributed by atoms with van der Waals surface area (Å²) in [6.07, 6.45) is -4.66. The first kappa shape index (κ1) is 22.7. The molecule has 2 N–H and O–H groups in total. The molecule has 0 saturated carbocycles. The largest absolute Gasteiger partial charge is 0.456 e. The number of benzene rings is 2. The Hall–Kier alpha value is -2.45. The Morgan fingerprint density at radius 1 is 1.12 bits per heavy atom. The van der Waals surface area contributed by atoms with E-state index in [0.29, 0.717) is 32.7 Å². The Balaban J connectivity index is 1.65. The van der Waals surface area contributed by atoms with Crippen molar-refractivity contribution in [1.29, 1.82) is 0 Å². The zero-order chi connectivity index (χ0) is 23.2. The smallest absolute Gasteiger partial charge is 0.408 e. The van der Waals surface area contributed by atoms with Crippen LogP contribution in [-0.2, 0) is 9.59 Å². The molecule has 2 heterocycles. The molecule has 5 nitrogen and oxygen atoms in total. The summed E-state index contributed by atoms with van der Waals surface area (Å²) >= 11 is 12.2. The van der Waals surface area contributed by atoms with Gasteiger partial charge in [-0.25, -0.2) is 0 Å². The topological polar surface area (TPSA) is 67.4 Å². The van der Waals surface area contributed by atoms with E-state index in [9.17, 15) is 22.8 Å². The van der Waals surface area contributed by atoms with Gasteiger partial charge in [0.15, 0.2) is 0 Å². The van der Waals surface area contributed by atoms with Crippen LogP contribution in [0.1, 0.15) is 36.9 Å². The van der Waals surface area contributed by atoms with Crippen LogP contribution in [0.15, 0.2) is 36.4 Å². The maximum absolute atomic E-state index is 13.2. The molecule has 1 saturated heterocycles. The molecule has 32 heavy (non-hydrogen) atoms. The molecule has 1 fully saturated rings. The van der Waals surface area contributed by atoms with Gasteiger partial charge in [0.05, 0.1) is 6.04 Å². The molecule has 0 spiro atoms. The Morgan fingerprint density at radius 3 is 2.19 bits per heavy atom. The molecule has 2 aliphatic heterocycles. The SMILES string of the molecule is CCC1CC(C(F)(F)F)NC(=O)C1C(=O)NC1c2ccc(Cl)cc2Oc2cc(Cl)ccc21. The van der Waals surface area contributed by atoms with Gasteiger partial charge in [0.2, 0.25) is 11.8 Å². The standard InChI is InChI=1S/C22H19Cl2F3N2O3/c1-2-10-7-17(22(25,26)27)28-20(30)18(10)21(31)29-19-13-5-3-11(23)8-15(13)32-16-9-12(24)4-6-14(16)19/h3-6,8-10,17-19H,2,7H2,1H3,(H,28,30)(H,29,31). The van der Waals surface area contributed by atoms with Gasteiger partial charge in [-0.3, -0.25) is 9.59 Å². The van der Waals surface area contributed by atoms with Gasteiger partial charge < -0.3 is 15.4 Å². The summed E-state index contributed by atoms with van der Waals surface area (Å²) in [6.45, 7) is 1.67. The van der Waals surface area contributed by atoms with Gasteiger partial charge in [-0.05, 0) is 36.6 Å². The average molecular weight is 487 g/mol. The van der Waals surface area contributed by atoms with Gasteiger partial charge in [0, 0.05) is 21.2 Å². The van der Waals surface area contributed by atoms with Crippen molar-refractivity contribution in [1.82, 2.24) is 10.6 Å². The normalized spacial score (nSPS) is 22.9. The second-order valence-electron chi connectivity index (χ2n) is 7.89. The predicted molar refractivity (Wildman–Crippen MR) is 113 cm³/mol. The minimum absolute atomic E-state index is 0.254. The van der Waals surface area contributed by atoms with Gasteiger partial charge in [0.1, 0.15) is 23.5 Å². The van der Waals surface area contributed by atoms with E-state index in [2.05, 4.69) is 5.32 Å². The fourth-order valence-electron chi connectivity index (χ4n) is 4.27. The van der Waals surface area contributed by atoms with Crippen LogP contribution in [0.4, 0.5) is 13.2 Å². The number of hydrogen-bond acceptors (Lipinski definition) is 3. The summed E-state index contributed by atoms with van der Waals surface area (Å²) in [5, 5.41) is 5.65. The maximum Gasteiger partial charge on any atom is 0.408 e. The van der Waals surface area contributed by atoms with Gasteiger partial charge in [0.25, 0.3) is 0 Å². The first-order valence-electron chi connectivity index (χ1n) is 10.0. The molecule has 3 atom stereocenters. The minimum atomic E-state index is -4.57. The Bertz CT molecular complexity index is 1030. The zero-order valence-corrected chi connectivity index (χ0v) is 18.3. The van der Waals surface area contributed by atoms with E-state index < -0.39 is 41.9 Å². The molecule has 2 aliphatic rings. The number of carbonyl (C=O) groups is 2. The Labute approximate surface area is 192 Å². The van der Waals surface area contributed by atoms with Crippen LogP contribution in [0.25, 0.3) is 0 Å². The van der Waals surface area contributed by atoms with E-state index in [4.69, 9.17) is 27.9 Å². The number of amides is 2. The second-order valence-corrected chi connectivity index (χ2v) is 8.77. The molecule has 2 aromatic carbocycles. The number of rotatable bonds is 3. The highest BCUT2D eigenvalue weighted by Gasteiger charge is 2.50. The predicted octanol–water partition coefficient (Wildman–Crippen LogP) is 5.40. The molecule has 2 amide bonds. The molecular weight excluding hydrogens is 468 g/mol. The first-order chi connectivity index (χ1) is 15.1. The van der Waals surface area contributed by atoms with Crippen molar-refractivity contribution in [2.24, 2.45) is 11.8 Å². The molecule has 0 aromatic heterocycles. The fourth-order valence-corrected chi connectivity index (χ4v) is 4.59. The van der Waals surface area contributed by atoms with Gasteiger partial charge in [-0.1, -0.05) is 48.7 Å².